The van der Waals surface area contributed by atoms with E-state index >= 15 is 0 Å². The van der Waals surface area contributed by atoms with E-state index in [1.807, 2.05) is 0 Å². The van der Waals surface area contributed by atoms with Gasteiger partial charge in [0.15, 0.2) is 0 Å². The van der Waals surface area contributed by atoms with Crippen LogP contribution in [0.3, 0.4) is 0 Å². The fraction of sp³-hybridized carbons (Fsp3) is 0.364. The van der Waals surface area contributed by atoms with Crippen LogP contribution in [0, 0.1) is 6.92 Å². The van der Waals surface area contributed by atoms with Crippen LogP contribution in [0.5, 0.6) is 0 Å². The molecule has 100 valence electrons. The number of hydrogen-bond donors (Lipinski definition) is 2. The molecule has 1 atom stereocenters. The van der Waals surface area contributed by atoms with Gasteiger partial charge in [0.25, 0.3) is 0 Å². The lowest BCUT2D eigenvalue weighted by Crippen LogP contribution is -2.40. The highest BCUT2D eigenvalue weighted by Gasteiger charge is 2.23. The molecule has 1 rings (SSSR count). The fourth-order valence-electron chi connectivity index (χ4n) is 1.35. The molecule has 0 aliphatic rings. The summed E-state index contributed by atoms with van der Waals surface area (Å²) in [6.45, 7) is 3.37. The summed E-state index contributed by atoms with van der Waals surface area (Å²) >= 11 is 3.27. The Hall–Kier alpha value is -0.920. The van der Waals surface area contributed by atoms with Crippen LogP contribution in [0.25, 0.3) is 0 Å². The number of rotatable bonds is 5. The molecule has 0 aliphatic carbocycles. The van der Waals surface area contributed by atoms with Gasteiger partial charge < -0.3 is 5.11 Å². The summed E-state index contributed by atoms with van der Waals surface area (Å²) in [7, 11) is -3.81. The predicted octanol–water partition coefficient (Wildman–Crippen LogP) is 1.90. The normalized spacial score (nSPS) is 13.3. The van der Waals surface area contributed by atoms with E-state index in [0.717, 1.165) is 10.0 Å². The summed E-state index contributed by atoms with van der Waals surface area (Å²) in [5.74, 6) is -1.19. The fourth-order valence-corrected chi connectivity index (χ4v) is 2.95. The largest absolute Gasteiger partial charge is 0.480 e. The van der Waals surface area contributed by atoms with Crippen molar-refractivity contribution in [1.82, 2.24) is 4.72 Å². The Morgan fingerprint density at radius 3 is 2.56 bits per heavy atom. The standard InChI is InChI=1S/C11H14BrNO4S/c1-3-10(11(14)15)13-18(16,17)8-4-5-9(12)7(2)6-8/h4-6,10,13H,3H2,1-2H3,(H,14,15). The van der Waals surface area contributed by atoms with Crippen molar-refractivity contribution in [2.24, 2.45) is 0 Å². The van der Waals surface area contributed by atoms with Crippen molar-refractivity contribution >= 4 is 31.9 Å². The molecule has 0 bridgehead atoms. The topological polar surface area (TPSA) is 83.5 Å². The molecule has 18 heavy (non-hydrogen) atoms. The van der Waals surface area contributed by atoms with Crippen LogP contribution in [0.1, 0.15) is 18.9 Å². The van der Waals surface area contributed by atoms with Crippen molar-refractivity contribution in [3.63, 3.8) is 0 Å². The minimum Gasteiger partial charge on any atom is -0.480 e. The van der Waals surface area contributed by atoms with Crippen LogP contribution in [0.2, 0.25) is 0 Å². The molecule has 0 radical (unpaired) electrons. The number of nitrogens with one attached hydrogen (secondary N) is 1. The van der Waals surface area contributed by atoms with Crippen molar-refractivity contribution in [2.75, 3.05) is 0 Å². The van der Waals surface area contributed by atoms with E-state index in [-0.39, 0.29) is 11.3 Å². The van der Waals surface area contributed by atoms with E-state index in [0.29, 0.717) is 0 Å². The Balaban J connectivity index is 3.06. The van der Waals surface area contributed by atoms with Gasteiger partial charge in [0.2, 0.25) is 10.0 Å². The number of benzene rings is 1. The van der Waals surface area contributed by atoms with E-state index < -0.39 is 22.0 Å². The smallest absolute Gasteiger partial charge is 0.321 e. The van der Waals surface area contributed by atoms with Crippen LogP contribution in [0.4, 0.5) is 0 Å². The first-order valence-corrected chi connectivity index (χ1v) is 7.57. The molecule has 0 amide bonds. The van der Waals surface area contributed by atoms with Gasteiger partial charge in [-0.25, -0.2) is 8.42 Å². The molecule has 2 N–H and O–H groups in total. The quantitative estimate of drug-likeness (QED) is 0.860. The van der Waals surface area contributed by atoms with Crippen molar-refractivity contribution in [2.45, 2.75) is 31.2 Å². The van der Waals surface area contributed by atoms with E-state index in [4.69, 9.17) is 5.11 Å². The molecule has 0 aromatic heterocycles. The zero-order chi connectivity index (χ0) is 13.9. The van der Waals surface area contributed by atoms with Gasteiger partial charge in [-0.3, -0.25) is 4.79 Å². The van der Waals surface area contributed by atoms with Gasteiger partial charge in [-0.2, -0.15) is 4.72 Å². The summed E-state index contributed by atoms with van der Waals surface area (Å²) in [6.07, 6.45) is 0.185. The predicted molar refractivity (Wildman–Crippen MR) is 70.9 cm³/mol. The average Bonchev–Trinajstić information content (AvgIpc) is 2.29. The van der Waals surface area contributed by atoms with Crippen LogP contribution < -0.4 is 4.72 Å². The van der Waals surface area contributed by atoms with Crippen LogP contribution in [-0.4, -0.2) is 25.5 Å². The number of carbonyl (C=O) groups is 1. The van der Waals surface area contributed by atoms with Crippen LogP contribution in [-0.2, 0) is 14.8 Å². The highest BCUT2D eigenvalue weighted by molar-refractivity contribution is 9.10. The van der Waals surface area contributed by atoms with Gasteiger partial charge in [-0.05, 0) is 37.1 Å². The maximum atomic E-state index is 12.0. The molecule has 7 heteroatoms. The van der Waals surface area contributed by atoms with E-state index in [1.54, 1.807) is 19.9 Å². The second-order valence-corrected chi connectivity index (χ2v) is 6.40. The maximum absolute atomic E-state index is 12.0. The number of hydrogen-bond acceptors (Lipinski definition) is 3. The zero-order valence-electron chi connectivity index (χ0n) is 9.97. The third-order valence-corrected chi connectivity index (χ3v) is 4.80. The first kappa shape index (κ1) is 15.1. The van der Waals surface area contributed by atoms with Crippen molar-refractivity contribution < 1.29 is 18.3 Å². The van der Waals surface area contributed by atoms with Gasteiger partial charge in [0.1, 0.15) is 6.04 Å². The van der Waals surface area contributed by atoms with E-state index in [9.17, 15) is 13.2 Å². The molecule has 5 nitrogen and oxygen atoms in total. The van der Waals surface area contributed by atoms with Crippen LogP contribution >= 0.6 is 15.9 Å². The van der Waals surface area contributed by atoms with E-state index in [2.05, 4.69) is 20.7 Å². The Kier molecular flexibility index (Phi) is 4.89. The number of halogens is 1. The molecule has 1 unspecified atom stereocenters. The second-order valence-electron chi connectivity index (χ2n) is 3.83. The summed E-state index contributed by atoms with van der Waals surface area (Å²) in [6, 6.07) is 3.42. The number of aryl methyl sites for hydroxylation is 1. The highest BCUT2D eigenvalue weighted by atomic mass is 79.9. The molecular formula is C11H14BrNO4S. The SMILES string of the molecule is CCC(NS(=O)(=O)c1ccc(Br)c(C)c1)C(=O)O. The molecule has 0 fully saturated rings. The van der Waals surface area contributed by atoms with Crippen molar-refractivity contribution in [1.29, 1.82) is 0 Å². The number of carboxylic acids is 1. The lowest BCUT2D eigenvalue weighted by atomic mass is 10.2. The summed E-state index contributed by atoms with van der Waals surface area (Å²) < 4.78 is 26.9. The van der Waals surface area contributed by atoms with Gasteiger partial charge in [-0.1, -0.05) is 22.9 Å². The molecule has 0 saturated carbocycles. The molecule has 1 aromatic rings. The monoisotopic (exact) mass is 335 g/mol. The van der Waals surface area contributed by atoms with Crippen molar-refractivity contribution in [3.8, 4) is 0 Å². The summed E-state index contributed by atoms with van der Waals surface area (Å²) in [5.41, 5.74) is 0.765. The number of carboxylic acid groups (broad SMARTS) is 1. The highest BCUT2D eigenvalue weighted by Crippen LogP contribution is 2.20. The number of sulfonamides is 1. The Bertz CT molecular complexity index is 556. The first-order valence-electron chi connectivity index (χ1n) is 5.29. The number of aliphatic carboxylic acids is 1. The lowest BCUT2D eigenvalue weighted by Gasteiger charge is -2.13. The maximum Gasteiger partial charge on any atom is 0.321 e. The van der Waals surface area contributed by atoms with Crippen molar-refractivity contribution in [3.05, 3.63) is 28.2 Å². The van der Waals surface area contributed by atoms with Gasteiger partial charge >= 0.3 is 5.97 Å². The zero-order valence-corrected chi connectivity index (χ0v) is 12.4. The third-order valence-electron chi connectivity index (χ3n) is 2.44. The van der Waals surface area contributed by atoms with Gasteiger partial charge in [-0.15, -0.1) is 0 Å². The Labute approximate surface area is 114 Å². The Morgan fingerprint density at radius 2 is 2.11 bits per heavy atom. The molecule has 0 spiro atoms. The molecule has 1 aromatic carbocycles. The summed E-state index contributed by atoms with van der Waals surface area (Å²) in [5, 5.41) is 8.85. The molecule has 0 aliphatic heterocycles. The van der Waals surface area contributed by atoms with Gasteiger partial charge in [0, 0.05) is 4.47 Å². The second kappa shape index (κ2) is 5.81. The molecule has 0 heterocycles. The first-order chi connectivity index (χ1) is 8.27. The lowest BCUT2D eigenvalue weighted by molar-refractivity contribution is -0.139. The van der Waals surface area contributed by atoms with E-state index in [1.165, 1.54) is 12.1 Å². The average molecular weight is 336 g/mol. The summed E-state index contributed by atoms with van der Waals surface area (Å²) in [4.78, 5) is 10.9. The minimum absolute atomic E-state index is 0.0582. The van der Waals surface area contributed by atoms with Gasteiger partial charge in [0.05, 0.1) is 4.90 Å². The van der Waals surface area contributed by atoms with Crippen LogP contribution in [0.15, 0.2) is 27.6 Å². The molecule has 0 saturated heterocycles. The Morgan fingerprint density at radius 1 is 1.50 bits per heavy atom. The minimum atomic E-state index is -3.81. The third kappa shape index (κ3) is 3.54. The molecular weight excluding hydrogens is 322 g/mol.